The first-order valence-corrected chi connectivity index (χ1v) is 11.5. The zero-order chi connectivity index (χ0) is 25.4. The molecule has 0 radical (unpaired) electrons. The lowest BCUT2D eigenvalue weighted by molar-refractivity contribution is -0.139. The summed E-state index contributed by atoms with van der Waals surface area (Å²) in [5.41, 5.74) is 0.783. The number of nitrogens with one attached hydrogen (secondary N) is 2. The molecule has 10 nitrogen and oxygen atoms in total. The molecule has 34 heavy (non-hydrogen) atoms. The van der Waals surface area contributed by atoms with E-state index < -0.39 is 0 Å². The van der Waals surface area contributed by atoms with Crippen LogP contribution in [0.5, 0.6) is 5.75 Å². The molecule has 2 rings (SSSR count). The Morgan fingerprint density at radius 3 is 2.53 bits per heavy atom. The molecule has 0 aromatic heterocycles. The Balaban J connectivity index is 2.41. The number of carbonyl (C=O) groups is 3. The number of fused-ring (bicyclic) bond motifs is 1. The van der Waals surface area contributed by atoms with Crippen molar-refractivity contribution in [3.63, 3.8) is 0 Å². The molecule has 1 heterocycles. The third kappa shape index (κ3) is 7.33. The highest BCUT2D eigenvalue weighted by molar-refractivity contribution is 5.99. The maximum atomic E-state index is 13.4. The summed E-state index contributed by atoms with van der Waals surface area (Å²) in [4.78, 5) is 41.5. The zero-order valence-electron chi connectivity index (χ0n) is 21.2. The van der Waals surface area contributed by atoms with Gasteiger partial charge in [-0.2, -0.15) is 0 Å². The van der Waals surface area contributed by atoms with E-state index in [1.165, 1.54) is 7.11 Å². The summed E-state index contributed by atoms with van der Waals surface area (Å²) in [7, 11) is 4.78. The number of ether oxygens (including phenoxy) is 3. The monoisotopic (exact) mass is 478 g/mol. The summed E-state index contributed by atoms with van der Waals surface area (Å²) >= 11 is 0. The molecule has 10 heteroatoms. The number of hydrogen-bond acceptors (Lipinski definition) is 6. The standard InChI is InChI=1S/C24H38N4O6/c1-15(2)25-24(31)26-18-8-9-20-19(10-18)23(30)27(5)12-21(33-7)16(3)11-28(17(4)13-34-20)22(29)14-32-6/h8-10,15-17,21H,11-14H2,1-7H3,(H2,25,26,31)/t16-,17-,21+/m0/s1. The van der Waals surface area contributed by atoms with Gasteiger partial charge in [-0.25, -0.2) is 4.79 Å². The van der Waals surface area contributed by atoms with E-state index in [9.17, 15) is 14.4 Å². The lowest BCUT2D eigenvalue weighted by Crippen LogP contribution is -2.49. The molecule has 4 amide bonds. The van der Waals surface area contributed by atoms with Crippen LogP contribution in [0.25, 0.3) is 0 Å². The van der Waals surface area contributed by atoms with E-state index in [4.69, 9.17) is 14.2 Å². The minimum atomic E-state index is -0.362. The van der Waals surface area contributed by atoms with Crippen molar-refractivity contribution in [3.8, 4) is 5.75 Å². The maximum absolute atomic E-state index is 13.4. The molecule has 190 valence electrons. The van der Waals surface area contributed by atoms with Crippen LogP contribution >= 0.6 is 0 Å². The van der Waals surface area contributed by atoms with Crippen LogP contribution < -0.4 is 15.4 Å². The van der Waals surface area contributed by atoms with Gasteiger partial charge in [0.05, 0.1) is 17.7 Å². The van der Waals surface area contributed by atoms with Gasteiger partial charge in [0, 0.05) is 52.0 Å². The van der Waals surface area contributed by atoms with Crippen LogP contribution in [0, 0.1) is 5.92 Å². The number of rotatable bonds is 5. The minimum Gasteiger partial charge on any atom is -0.491 e. The number of urea groups is 1. The highest BCUT2D eigenvalue weighted by atomic mass is 16.5. The van der Waals surface area contributed by atoms with Crippen LogP contribution in [0.1, 0.15) is 38.1 Å². The predicted molar refractivity (Wildman–Crippen MR) is 129 cm³/mol. The van der Waals surface area contributed by atoms with Crippen LogP contribution in [-0.2, 0) is 14.3 Å². The van der Waals surface area contributed by atoms with Crippen molar-refractivity contribution in [2.24, 2.45) is 5.92 Å². The zero-order valence-corrected chi connectivity index (χ0v) is 21.2. The van der Waals surface area contributed by atoms with Gasteiger partial charge in [-0.05, 0) is 39.0 Å². The first-order chi connectivity index (χ1) is 16.1. The highest BCUT2D eigenvalue weighted by Crippen LogP contribution is 2.26. The van der Waals surface area contributed by atoms with Gasteiger partial charge >= 0.3 is 6.03 Å². The van der Waals surface area contributed by atoms with Gasteiger partial charge in [0.15, 0.2) is 0 Å². The van der Waals surface area contributed by atoms with Crippen LogP contribution in [0.15, 0.2) is 18.2 Å². The Bertz CT molecular complexity index is 862. The topological polar surface area (TPSA) is 109 Å². The third-order valence-electron chi connectivity index (χ3n) is 5.71. The summed E-state index contributed by atoms with van der Waals surface area (Å²) in [6, 6.07) is 4.28. The molecule has 1 aliphatic heterocycles. The Hall–Kier alpha value is -2.85. The van der Waals surface area contributed by atoms with E-state index >= 15 is 0 Å². The molecule has 0 fully saturated rings. The van der Waals surface area contributed by atoms with Gasteiger partial charge in [-0.3, -0.25) is 9.59 Å². The van der Waals surface area contributed by atoms with Gasteiger partial charge in [-0.15, -0.1) is 0 Å². The molecule has 0 saturated carbocycles. The number of benzene rings is 1. The fourth-order valence-corrected chi connectivity index (χ4v) is 3.84. The number of amides is 4. The van der Waals surface area contributed by atoms with Gasteiger partial charge in [0.1, 0.15) is 19.0 Å². The lowest BCUT2D eigenvalue weighted by Gasteiger charge is -2.36. The average molecular weight is 479 g/mol. The smallest absolute Gasteiger partial charge is 0.319 e. The fourth-order valence-electron chi connectivity index (χ4n) is 3.84. The van der Waals surface area contributed by atoms with E-state index in [1.807, 2.05) is 27.7 Å². The summed E-state index contributed by atoms with van der Waals surface area (Å²) in [6.45, 7) is 8.52. The van der Waals surface area contributed by atoms with Crippen LogP contribution in [-0.4, -0.2) is 93.4 Å². The summed E-state index contributed by atoms with van der Waals surface area (Å²) < 4.78 is 16.8. The first kappa shape index (κ1) is 27.4. The van der Waals surface area contributed by atoms with Crippen molar-refractivity contribution in [1.29, 1.82) is 0 Å². The van der Waals surface area contributed by atoms with Crippen molar-refractivity contribution in [1.82, 2.24) is 15.1 Å². The number of carbonyl (C=O) groups excluding carboxylic acids is 3. The SMILES string of the molecule is COCC(=O)N1C[C@H](C)[C@H](OC)CN(C)C(=O)c2cc(NC(=O)NC(C)C)ccc2OC[C@@H]1C. The second-order valence-electron chi connectivity index (χ2n) is 9.04. The van der Waals surface area contributed by atoms with Crippen molar-refractivity contribution < 1.29 is 28.6 Å². The molecule has 0 aliphatic carbocycles. The van der Waals surface area contributed by atoms with E-state index in [0.29, 0.717) is 30.1 Å². The maximum Gasteiger partial charge on any atom is 0.319 e. The van der Waals surface area contributed by atoms with Gasteiger partial charge in [-0.1, -0.05) is 6.92 Å². The second kappa shape index (κ2) is 12.6. The van der Waals surface area contributed by atoms with E-state index in [-0.39, 0.29) is 55.2 Å². The number of nitrogens with zero attached hydrogens (tertiary/aromatic N) is 2. The molecule has 1 aromatic rings. The molecule has 3 atom stereocenters. The molecular formula is C24H38N4O6. The highest BCUT2D eigenvalue weighted by Gasteiger charge is 2.30. The number of methoxy groups -OCH3 is 2. The fraction of sp³-hybridized carbons (Fsp3) is 0.625. The van der Waals surface area contributed by atoms with E-state index in [1.54, 1.807) is 42.2 Å². The largest absolute Gasteiger partial charge is 0.491 e. The van der Waals surface area contributed by atoms with Crippen LogP contribution in [0.2, 0.25) is 0 Å². The Kier molecular flexibility index (Phi) is 10.1. The van der Waals surface area contributed by atoms with Gasteiger partial charge < -0.3 is 34.6 Å². The number of hydrogen-bond donors (Lipinski definition) is 2. The van der Waals surface area contributed by atoms with Crippen molar-refractivity contribution in [3.05, 3.63) is 23.8 Å². The van der Waals surface area contributed by atoms with Crippen molar-refractivity contribution >= 4 is 23.5 Å². The third-order valence-corrected chi connectivity index (χ3v) is 5.71. The Labute approximate surface area is 201 Å². The molecule has 1 aromatic carbocycles. The first-order valence-electron chi connectivity index (χ1n) is 11.5. The molecule has 1 aliphatic rings. The normalized spacial score (nSPS) is 21.8. The molecule has 2 N–H and O–H groups in total. The van der Waals surface area contributed by atoms with Crippen LogP contribution in [0.3, 0.4) is 0 Å². The summed E-state index contributed by atoms with van der Waals surface area (Å²) in [6.07, 6.45) is -0.291. The lowest BCUT2D eigenvalue weighted by atomic mass is 10.0. The summed E-state index contributed by atoms with van der Waals surface area (Å²) in [5.74, 6) is -0.0641. The quantitative estimate of drug-likeness (QED) is 0.672. The Morgan fingerprint density at radius 1 is 1.21 bits per heavy atom. The van der Waals surface area contributed by atoms with Crippen molar-refractivity contribution in [2.75, 3.05) is 52.9 Å². The molecule has 0 bridgehead atoms. The Morgan fingerprint density at radius 2 is 1.91 bits per heavy atom. The van der Waals surface area contributed by atoms with Crippen molar-refractivity contribution in [2.45, 2.75) is 45.9 Å². The molecular weight excluding hydrogens is 440 g/mol. The predicted octanol–water partition coefficient (Wildman–Crippen LogP) is 2.20. The van der Waals surface area contributed by atoms with Gasteiger partial charge in [0.25, 0.3) is 5.91 Å². The average Bonchev–Trinajstić information content (AvgIpc) is 2.77. The van der Waals surface area contributed by atoms with E-state index in [2.05, 4.69) is 10.6 Å². The number of likely N-dealkylation sites (N-methyl/N-ethyl adjacent to an activating group) is 1. The number of anilines is 1. The molecule has 0 spiro atoms. The second-order valence-corrected chi connectivity index (χ2v) is 9.04. The van der Waals surface area contributed by atoms with Crippen LogP contribution in [0.4, 0.5) is 10.5 Å². The van der Waals surface area contributed by atoms with Gasteiger partial charge in [0.2, 0.25) is 5.91 Å². The summed E-state index contributed by atoms with van der Waals surface area (Å²) in [5, 5.41) is 5.51. The minimum absolute atomic E-state index is 0.0291. The molecule has 0 saturated heterocycles. The van der Waals surface area contributed by atoms with E-state index in [0.717, 1.165) is 0 Å². The molecule has 0 unspecified atom stereocenters.